The number of sulfonamides is 1. The van der Waals surface area contributed by atoms with Gasteiger partial charge in [0.2, 0.25) is 10.0 Å². The van der Waals surface area contributed by atoms with E-state index in [0.29, 0.717) is 11.3 Å². The van der Waals surface area contributed by atoms with E-state index in [-0.39, 0.29) is 4.90 Å². The number of primary sulfonamides is 1. The summed E-state index contributed by atoms with van der Waals surface area (Å²) in [6.45, 7) is 1.38. The number of anilines is 1. The average molecular weight is 392 g/mol. The molecule has 0 spiro atoms. The van der Waals surface area contributed by atoms with Crippen LogP contribution < -0.4 is 10.5 Å². The molecule has 0 saturated carbocycles. The maximum Gasteiger partial charge on any atom is 0.331 e. The lowest BCUT2D eigenvalue weighted by atomic mass is 10.2. The van der Waals surface area contributed by atoms with E-state index in [1.165, 1.54) is 55.5 Å². The Labute approximate surface area is 155 Å². The van der Waals surface area contributed by atoms with Gasteiger partial charge in [0.15, 0.2) is 6.10 Å². The van der Waals surface area contributed by atoms with Crippen LogP contribution in [0.2, 0.25) is 0 Å². The predicted molar refractivity (Wildman–Crippen MR) is 97.4 cm³/mol. The van der Waals surface area contributed by atoms with Crippen LogP contribution in [-0.4, -0.2) is 26.4 Å². The standard InChI is InChI=1S/C18H17FN2O5S/c1-12(26-17(22)10-5-13-3-2-4-14(19)11-13)18(23)21-15-6-8-16(9-7-15)27(20,24)25/h2-12H,1H3,(H,21,23)(H2,20,24,25)/b10-5+. The monoisotopic (exact) mass is 392 g/mol. The van der Waals surface area contributed by atoms with Gasteiger partial charge in [-0.05, 0) is 55.0 Å². The van der Waals surface area contributed by atoms with Gasteiger partial charge >= 0.3 is 5.97 Å². The third-order valence-electron chi connectivity index (χ3n) is 3.37. The summed E-state index contributed by atoms with van der Waals surface area (Å²) in [5.41, 5.74) is 0.782. The molecule has 0 aliphatic rings. The molecule has 3 N–H and O–H groups in total. The number of nitrogens with two attached hydrogens (primary N) is 1. The van der Waals surface area contributed by atoms with Crippen molar-refractivity contribution >= 4 is 33.7 Å². The van der Waals surface area contributed by atoms with Gasteiger partial charge in [-0.1, -0.05) is 12.1 Å². The molecule has 27 heavy (non-hydrogen) atoms. The van der Waals surface area contributed by atoms with Crippen LogP contribution in [-0.2, 0) is 24.3 Å². The summed E-state index contributed by atoms with van der Waals surface area (Å²) in [5, 5.41) is 7.47. The highest BCUT2D eigenvalue weighted by Crippen LogP contribution is 2.13. The van der Waals surface area contributed by atoms with Crippen LogP contribution in [0, 0.1) is 5.82 Å². The lowest BCUT2D eigenvalue weighted by molar-refractivity contribution is -0.148. The summed E-state index contributed by atoms with van der Waals surface area (Å²) in [5.74, 6) is -1.82. The van der Waals surface area contributed by atoms with Gasteiger partial charge in [-0.3, -0.25) is 4.79 Å². The molecule has 0 aliphatic heterocycles. The Hall–Kier alpha value is -3.04. The lowest BCUT2D eigenvalue weighted by Gasteiger charge is -2.12. The number of hydrogen-bond acceptors (Lipinski definition) is 5. The molecule has 0 aliphatic carbocycles. The number of hydrogen-bond donors (Lipinski definition) is 2. The number of nitrogens with one attached hydrogen (secondary N) is 1. The minimum Gasteiger partial charge on any atom is -0.449 e. The molecule has 7 nitrogen and oxygen atoms in total. The molecule has 2 rings (SSSR count). The maximum atomic E-state index is 13.1. The van der Waals surface area contributed by atoms with E-state index in [2.05, 4.69) is 5.32 Å². The van der Waals surface area contributed by atoms with Crippen LogP contribution in [0.4, 0.5) is 10.1 Å². The van der Waals surface area contributed by atoms with Crippen molar-refractivity contribution in [3.05, 3.63) is 66.0 Å². The van der Waals surface area contributed by atoms with E-state index in [1.807, 2.05) is 0 Å². The molecule has 9 heteroatoms. The lowest BCUT2D eigenvalue weighted by Crippen LogP contribution is -2.29. The first-order chi connectivity index (χ1) is 12.6. The van der Waals surface area contributed by atoms with Gasteiger partial charge in [0.05, 0.1) is 4.90 Å². The van der Waals surface area contributed by atoms with Gasteiger partial charge in [-0.2, -0.15) is 0 Å². The van der Waals surface area contributed by atoms with E-state index in [9.17, 15) is 22.4 Å². The highest BCUT2D eigenvalue weighted by atomic mass is 32.2. The molecule has 0 aromatic heterocycles. The summed E-state index contributed by atoms with van der Waals surface area (Å²) in [4.78, 5) is 23.7. The van der Waals surface area contributed by atoms with E-state index in [0.717, 1.165) is 6.08 Å². The van der Waals surface area contributed by atoms with Crippen molar-refractivity contribution in [2.75, 3.05) is 5.32 Å². The first-order valence-corrected chi connectivity index (χ1v) is 9.28. The SMILES string of the molecule is CC(OC(=O)/C=C/c1cccc(F)c1)C(=O)Nc1ccc(S(N)(=O)=O)cc1. The van der Waals surface area contributed by atoms with Crippen LogP contribution in [0.3, 0.4) is 0 Å². The van der Waals surface area contributed by atoms with Crippen LogP contribution in [0.5, 0.6) is 0 Å². The minimum atomic E-state index is -3.83. The highest BCUT2D eigenvalue weighted by Gasteiger charge is 2.17. The fraction of sp³-hybridized carbons (Fsp3) is 0.111. The molecule has 2 aromatic carbocycles. The normalized spacial score (nSPS) is 12.6. The largest absolute Gasteiger partial charge is 0.449 e. The van der Waals surface area contributed by atoms with Crippen molar-refractivity contribution in [1.82, 2.24) is 0 Å². The van der Waals surface area contributed by atoms with Crippen molar-refractivity contribution < 1.29 is 27.1 Å². The molecular weight excluding hydrogens is 375 g/mol. The van der Waals surface area contributed by atoms with Gasteiger partial charge in [-0.15, -0.1) is 0 Å². The number of rotatable bonds is 6. The minimum absolute atomic E-state index is 0.0949. The predicted octanol–water partition coefficient (Wildman–Crippen LogP) is 2.06. The number of carbonyl (C=O) groups is 2. The molecule has 1 atom stereocenters. The number of halogens is 1. The number of benzene rings is 2. The molecule has 0 radical (unpaired) electrons. The fourth-order valence-corrected chi connectivity index (χ4v) is 2.53. The molecule has 0 fully saturated rings. The van der Waals surface area contributed by atoms with Gasteiger partial charge in [0.1, 0.15) is 5.82 Å². The van der Waals surface area contributed by atoms with Crippen LogP contribution in [0.25, 0.3) is 6.08 Å². The van der Waals surface area contributed by atoms with Gasteiger partial charge in [-0.25, -0.2) is 22.7 Å². The second-order valence-electron chi connectivity index (χ2n) is 5.53. The molecule has 1 amide bonds. The summed E-state index contributed by atoms with van der Waals surface area (Å²) in [7, 11) is -3.83. The summed E-state index contributed by atoms with van der Waals surface area (Å²) in [6.07, 6.45) is 1.34. The molecule has 0 saturated heterocycles. The Kier molecular flexibility index (Phi) is 6.43. The quantitative estimate of drug-likeness (QED) is 0.577. The van der Waals surface area contributed by atoms with Gasteiger partial charge in [0.25, 0.3) is 5.91 Å². The molecule has 142 valence electrons. The third-order valence-corrected chi connectivity index (χ3v) is 4.30. The first-order valence-electron chi connectivity index (χ1n) is 7.73. The zero-order chi connectivity index (χ0) is 20.0. The summed E-state index contributed by atoms with van der Waals surface area (Å²) in [6, 6.07) is 10.8. The van der Waals surface area contributed by atoms with E-state index in [1.54, 1.807) is 6.07 Å². The average Bonchev–Trinajstić information content (AvgIpc) is 2.59. The maximum absolute atomic E-state index is 13.1. The highest BCUT2D eigenvalue weighted by molar-refractivity contribution is 7.89. The molecule has 0 bridgehead atoms. The number of ether oxygens (including phenoxy) is 1. The zero-order valence-electron chi connectivity index (χ0n) is 14.3. The number of amides is 1. The number of carbonyl (C=O) groups excluding carboxylic acids is 2. The molecule has 1 unspecified atom stereocenters. The van der Waals surface area contributed by atoms with E-state index in [4.69, 9.17) is 9.88 Å². The van der Waals surface area contributed by atoms with Crippen LogP contribution >= 0.6 is 0 Å². The summed E-state index contributed by atoms with van der Waals surface area (Å²) >= 11 is 0. The Morgan fingerprint density at radius 2 is 1.85 bits per heavy atom. The second-order valence-corrected chi connectivity index (χ2v) is 7.09. The zero-order valence-corrected chi connectivity index (χ0v) is 15.1. The van der Waals surface area contributed by atoms with Gasteiger partial charge < -0.3 is 10.1 Å². The molecule has 2 aromatic rings. The van der Waals surface area contributed by atoms with Crippen molar-refractivity contribution in [2.24, 2.45) is 5.14 Å². The topological polar surface area (TPSA) is 116 Å². The first kappa shape index (κ1) is 20.3. The van der Waals surface area contributed by atoms with E-state index >= 15 is 0 Å². The number of esters is 1. The van der Waals surface area contributed by atoms with Crippen LogP contribution in [0.1, 0.15) is 12.5 Å². The fourth-order valence-electron chi connectivity index (χ4n) is 2.01. The second kappa shape index (κ2) is 8.56. The van der Waals surface area contributed by atoms with Crippen molar-refractivity contribution in [3.8, 4) is 0 Å². The Balaban J connectivity index is 1.92. The Morgan fingerprint density at radius 1 is 1.19 bits per heavy atom. The third kappa shape index (κ3) is 6.32. The molecule has 0 heterocycles. The van der Waals surface area contributed by atoms with Crippen molar-refractivity contribution in [3.63, 3.8) is 0 Å². The summed E-state index contributed by atoms with van der Waals surface area (Å²) < 4.78 is 40.4. The van der Waals surface area contributed by atoms with E-state index < -0.39 is 33.8 Å². The van der Waals surface area contributed by atoms with Crippen molar-refractivity contribution in [1.29, 1.82) is 0 Å². The van der Waals surface area contributed by atoms with Crippen LogP contribution in [0.15, 0.2) is 59.5 Å². The molecular formula is C18H17FN2O5S. The Bertz CT molecular complexity index is 972. The Morgan fingerprint density at radius 3 is 2.44 bits per heavy atom. The van der Waals surface area contributed by atoms with Crippen molar-refractivity contribution in [2.45, 2.75) is 17.9 Å². The van der Waals surface area contributed by atoms with Gasteiger partial charge in [0, 0.05) is 11.8 Å². The smallest absolute Gasteiger partial charge is 0.331 e.